The fourth-order valence-electron chi connectivity index (χ4n) is 11.0. The van der Waals surface area contributed by atoms with Gasteiger partial charge < -0.3 is 24.6 Å². The van der Waals surface area contributed by atoms with Crippen molar-refractivity contribution in [2.75, 3.05) is 26.2 Å². The SMILES string of the molecule is CCC(=O)NC1CCC(C(=O)N2CC[C@H](O[C@H](C)c3cc(C(F)(F)F)cc(C(F)(F)F)c3)[C@H](c3ccccc3)C2)CC1.C[C@@H](O[C@H]1CCN(C(=O)C2CC(=O)NC(=O)C2)C[C@H]1c1ccccc1)c1cc(C(F)(F)F)cc(C(F)(F)F)c1. The molecule has 4 aromatic carbocycles. The second-order valence-corrected chi connectivity index (χ2v) is 21.0. The molecule has 440 valence electrons. The summed E-state index contributed by atoms with van der Waals surface area (Å²) < 4.78 is 173. The van der Waals surface area contributed by atoms with E-state index in [1.54, 1.807) is 42.2 Å². The molecule has 3 saturated heterocycles. The summed E-state index contributed by atoms with van der Waals surface area (Å²) in [6.07, 6.45) is -19.6. The van der Waals surface area contributed by atoms with Gasteiger partial charge in [0.1, 0.15) is 0 Å². The van der Waals surface area contributed by atoms with Crippen LogP contribution in [0.4, 0.5) is 52.7 Å². The number of ether oxygens (including phenoxy) is 2. The highest BCUT2D eigenvalue weighted by Gasteiger charge is 2.43. The number of alkyl halides is 12. The second kappa shape index (κ2) is 25.8. The predicted molar refractivity (Wildman–Crippen MR) is 270 cm³/mol. The van der Waals surface area contributed by atoms with Gasteiger partial charge in [-0.3, -0.25) is 29.3 Å². The maximum atomic E-state index is 13.5. The molecule has 3 heterocycles. The van der Waals surface area contributed by atoms with Crippen LogP contribution in [0.3, 0.4) is 0 Å². The van der Waals surface area contributed by atoms with Crippen molar-refractivity contribution in [3.8, 4) is 0 Å². The van der Waals surface area contributed by atoms with Crippen molar-refractivity contribution in [3.05, 3.63) is 142 Å². The van der Waals surface area contributed by atoms with Crippen LogP contribution >= 0.6 is 0 Å². The van der Waals surface area contributed by atoms with E-state index in [1.165, 1.54) is 18.7 Å². The first-order valence-corrected chi connectivity index (χ1v) is 26.7. The average Bonchev–Trinajstić information content (AvgIpc) is 3.45. The monoisotopic (exact) mass is 1150 g/mol. The third-order valence-electron chi connectivity index (χ3n) is 15.3. The summed E-state index contributed by atoms with van der Waals surface area (Å²) in [6, 6.07) is 21.1. The van der Waals surface area contributed by atoms with Crippen LogP contribution in [0.25, 0.3) is 0 Å². The topological polar surface area (TPSA) is 134 Å². The Labute approximate surface area is 460 Å². The van der Waals surface area contributed by atoms with E-state index in [4.69, 9.17) is 9.47 Å². The number of hydrogen-bond acceptors (Lipinski definition) is 7. The smallest absolute Gasteiger partial charge is 0.370 e. The van der Waals surface area contributed by atoms with Crippen molar-refractivity contribution < 1.29 is 86.1 Å². The third kappa shape index (κ3) is 16.4. The fourth-order valence-corrected chi connectivity index (χ4v) is 11.0. The van der Waals surface area contributed by atoms with Crippen LogP contribution in [0.1, 0.15) is 147 Å². The normalized spacial score (nSPS) is 23.1. The molecule has 0 radical (unpaired) electrons. The van der Waals surface area contributed by atoms with Gasteiger partial charge in [-0.25, -0.2) is 0 Å². The maximum Gasteiger partial charge on any atom is 0.416 e. The lowest BCUT2D eigenvalue weighted by atomic mass is 9.83. The van der Waals surface area contributed by atoms with Crippen molar-refractivity contribution in [1.29, 1.82) is 0 Å². The fraction of sp³-hybridized carbons (Fsp3) is 0.500. The number of likely N-dealkylation sites (tertiary alicyclic amines) is 2. The predicted octanol–water partition coefficient (Wildman–Crippen LogP) is 12.5. The summed E-state index contributed by atoms with van der Waals surface area (Å²) in [7, 11) is 0. The summed E-state index contributed by atoms with van der Waals surface area (Å²) in [4.78, 5) is 65.3. The zero-order chi connectivity index (χ0) is 59.2. The minimum absolute atomic E-state index is 0.00783. The van der Waals surface area contributed by atoms with Crippen LogP contribution < -0.4 is 10.6 Å². The first-order valence-electron chi connectivity index (χ1n) is 26.7. The minimum atomic E-state index is -4.98. The van der Waals surface area contributed by atoms with E-state index < -0.39 is 95.0 Å². The molecule has 5 amide bonds. The van der Waals surface area contributed by atoms with E-state index >= 15 is 0 Å². The van der Waals surface area contributed by atoms with Crippen LogP contribution in [0, 0.1) is 11.8 Å². The highest BCUT2D eigenvalue weighted by Crippen LogP contribution is 2.43. The molecule has 3 aliphatic heterocycles. The van der Waals surface area contributed by atoms with Gasteiger partial charge in [0.05, 0.1) is 52.6 Å². The molecule has 1 aliphatic carbocycles. The summed E-state index contributed by atoms with van der Waals surface area (Å²) in [6.45, 7) is 5.64. The molecule has 0 aromatic heterocycles. The van der Waals surface area contributed by atoms with Gasteiger partial charge in [-0.15, -0.1) is 0 Å². The number of nitrogens with zero attached hydrogens (tertiary/aromatic N) is 2. The number of nitrogens with one attached hydrogen (secondary N) is 2. The van der Waals surface area contributed by atoms with Gasteiger partial charge in [0, 0.05) is 69.2 Å². The Morgan fingerprint density at radius 2 is 0.901 bits per heavy atom. The first-order chi connectivity index (χ1) is 38.0. The Morgan fingerprint density at radius 3 is 1.25 bits per heavy atom. The van der Waals surface area contributed by atoms with Gasteiger partial charge >= 0.3 is 24.7 Å². The molecule has 11 nitrogen and oxygen atoms in total. The van der Waals surface area contributed by atoms with Crippen molar-refractivity contribution in [3.63, 3.8) is 0 Å². The summed E-state index contributed by atoms with van der Waals surface area (Å²) in [5.74, 6) is -3.15. The van der Waals surface area contributed by atoms with E-state index in [2.05, 4.69) is 10.6 Å². The van der Waals surface area contributed by atoms with Crippen LogP contribution in [-0.4, -0.2) is 83.8 Å². The molecular formula is C58H62F12N4O7. The summed E-state index contributed by atoms with van der Waals surface area (Å²) in [5.41, 5.74) is -4.45. The zero-order valence-electron chi connectivity index (χ0n) is 44.4. The number of carbonyl (C=O) groups is 5. The number of imide groups is 1. The van der Waals surface area contributed by atoms with Crippen molar-refractivity contribution >= 4 is 29.5 Å². The average molecular weight is 1160 g/mol. The quantitative estimate of drug-likeness (QED) is 0.107. The first kappa shape index (κ1) is 62.1. The number of piperidine rings is 3. The number of amides is 5. The molecule has 4 aliphatic rings. The van der Waals surface area contributed by atoms with E-state index in [0.717, 1.165) is 24.0 Å². The van der Waals surface area contributed by atoms with Crippen LogP contribution in [0.15, 0.2) is 97.1 Å². The number of rotatable bonds is 12. The largest absolute Gasteiger partial charge is 0.416 e. The van der Waals surface area contributed by atoms with Gasteiger partial charge in [-0.05, 0) is 111 Å². The lowest BCUT2D eigenvalue weighted by Gasteiger charge is -2.42. The van der Waals surface area contributed by atoms with Crippen molar-refractivity contribution in [2.45, 2.75) is 146 Å². The van der Waals surface area contributed by atoms with Gasteiger partial charge in [-0.2, -0.15) is 52.7 Å². The molecule has 0 bridgehead atoms. The Kier molecular flexibility index (Phi) is 19.7. The number of halogens is 12. The molecule has 6 atom stereocenters. The van der Waals surface area contributed by atoms with Crippen LogP contribution in [0.2, 0.25) is 0 Å². The molecule has 4 aromatic rings. The second-order valence-electron chi connectivity index (χ2n) is 21.0. The lowest BCUT2D eigenvalue weighted by molar-refractivity contribution is -0.148. The number of hydrogen-bond donors (Lipinski definition) is 2. The van der Waals surface area contributed by atoms with E-state index in [-0.39, 0.29) is 91.2 Å². The summed E-state index contributed by atoms with van der Waals surface area (Å²) in [5, 5.41) is 5.15. The highest BCUT2D eigenvalue weighted by atomic mass is 19.4. The van der Waals surface area contributed by atoms with Gasteiger partial charge in [-0.1, -0.05) is 67.6 Å². The van der Waals surface area contributed by atoms with Gasteiger partial charge in [0.15, 0.2) is 0 Å². The van der Waals surface area contributed by atoms with Gasteiger partial charge in [0.2, 0.25) is 29.5 Å². The van der Waals surface area contributed by atoms with E-state index in [0.29, 0.717) is 63.0 Å². The van der Waals surface area contributed by atoms with Crippen LogP contribution in [-0.2, 0) is 58.2 Å². The van der Waals surface area contributed by atoms with Crippen molar-refractivity contribution in [2.24, 2.45) is 11.8 Å². The standard InChI is InChI=1S/C31H36F6N2O3.C27H26F6N2O4/c1-3-28(40)38-25-11-9-21(10-12-25)29(41)39-14-13-27(26(18-39)20-7-5-4-6-8-20)42-19(2)22-15-23(30(32,33)34)17-24(16-22)31(35,36)37;1-15(17-9-19(26(28,29)30)13-20(10-17)27(31,32)33)39-22-7-8-35(14-21(22)16-5-3-2-4-6-16)25(38)18-11-23(36)34-24(37)12-18/h4-8,15-17,19,21,25-27H,3,9-14,18H2,1-2H3,(H,38,40);2-6,9-10,13,15,18,21-22H,7-8,11-12,14H2,1H3,(H,34,36,37)/t19-,21?,25?,26+,27+;15-,21+,22+/m11/s1. The highest BCUT2D eigenvalue weighted by molar-refractivity contribution is 6.02. The Bertz CT molecular complexity index is 2760. The molecule has 81 heavy (non-hydrogen) atoms. The number of benzene rings is 4. The molecule has 2 N–H and O–H groups in total. The van der Waals surface area contributed by atoms with Crippen LogP contribution in [0.5, 0.6) is 0 Å². The maximum absolute atomic E-state index is 13.5. The van der Waals surface area contributed by atoms with Crippen molar-refractivity contribution in [1.82, 2.24) is 20.4 Å². The van der Waals surface area contributed by atoms with E-state index in [1.807, 2.05) is 30.3 Å². The molecule has 0 unspecified atom stereocenters. The summed E-state index contributed by atoms with van der Waals surface area (Å²) >= 11 is 0. The minimum Gasteiger partial charge on any atom is -0.370 e. The third-order valence-corrected chi connectivity index (χ3v) is 15.3. The zero-order valence-corrected chi connectivity index (χ0v) is 44.4. The molecular weight excluding hydrogens is 1090 g/mol. The molecule has 8 rings (SSSR count). The Hall–Kier alpha value is -6.49. The number of carbonyl (C=O) groups excluding carboxylic acids is 5. The molecule has 0 spiro atoms. The Balaban J connectivity index is 0.000000234. The van der Waals surface area contributed by atoms with E-state index in [9.17, 15) is 76.7 Å². The molecule has 1 saturated carbocycles. The lowest BCUT2D eigenvalue weighted by Crippen LogP contribution is -2.50. The molecule has 23 heteroatoms. The molecule has 4 fully saturated rings. The Morgan fingerprint density at radius 1 is 0.543 bits per heavy atom. The van der Waals surface area contributed by atoms with Gasteiger partial charge in [0.25, 0.3) is 0 Å².